The summed E-state index contributed by atoms with van der Waals surface area (Å²) in [5.41, 5.74) is -0.443. The highest BCUT2D eigenvalue weighted by Gasteiger charge is 2.32. The van der Waals surface area contributed by atoms with Crippen molar-refractivity contribution >= 4 is 12.1 Å². The molecule has 3 fully saturated rings. The van der Waals surface area contributed by atoms with Crippen LogP contribution < -0.4 is 5.32 Å². The number of rotatable bonds is 3. The van der Waals surface area contributed by atoms with Gasteiger partial charge in [0.1, 0.15) is 11.7 Å². The van der Waals surface area contributed by atoms with Gasteiger partial charge in [0.15, 0.2) is 5.96 Å². The minimum absolute atomic E-state index is 0.127. The summed E-state index contributed by atoms with van der Waals surface area (Å²) in [5.74, 6) is 1.46. The lowest BCUT2D eigenvalue weighted by atomic mass is 9.97. The molecule has 8 nitrogen and oxygen atoms in total. The van der Waals surface area contributed by atoms with E-state index in [1.165, 1.54) is 0 Å². The molecule has 0 radical (unpaired) electrons. The maximum Gasteiger partial charge on any atom is 0.410 e. The molecule has 0 spiro atoms. The van der Waals surface area contributed by atoms with Crippen molar-refractivity contribution in [3.05, 3.63) is 0 Å². The van der Waals surface area contributed by atoms with E-state index in [0.717, 1.165) is 71.0 Å². The summed E-state index contributed by atoms with van der Waals surface area (Å²) in [6, 6.07) is 0. The van der Waals surface area contributed by atoms with Crippen molar-refractivity contribution in [3.8, 4) is 0 Å². The third kappa shape index (κ3) is 6.47. The summed E-state index contributed by atoms with van der Waals surface area (Å²) in [5, 5.41) is 3.55. The summed E-state index contributed by atoms with van der Waals surface area (Å²) < 4.78 is 17.2. The van der Waals surface area contributed by atoms with Gasteiger partial charge in [-0.15, -0.1) is 0 Å². The zero-order chi connectivity index (χ0) is 20.9. The molecule has 3 rings (SSSR count). The number of likely N-dealkylation sites (tertiary alicyclic amines) is 1. The summed E-state index contributed by atoms with van der Waals surface area (Å²) in [6.45, 7) is 11.3. The van der Waals surface area contributed by atoms with E-state index >= 15 is 0 Å². The molecule has 3 heterocycles. The van der Waals surface area contributed by atoms with Crippen molar-refractivity contribution in [1.82, 2.24) is 15.1 Å². The van der Waals surface area contributed by atoms with Gasteiger partial charge in [0.25, 0.3) is 0 Å². The van der Waals surface area contributed by atoms with Gasteiger partial charge >= 0.3 is 6.09 Å². The molecule has 166 valence electrons. The molecule has 0 aliphatic carbocycles. The topological polar surface area (TPSA) is 75.6 Å². The van der Waals surface area contributed by atoms with Crippen LogP contribution in [0.15, 0.2) is 4.99 Å². The Balaban J connectivity index is 1.41. The van der Waals surface area contributed by atoms with Gasteiger partial charge in [-0.2, -0.15) is 0 Å². The molecule has 3 saturated heterocycles. The average molecular weight is 411 g/mol. The Morgan fingerprint density at radius 2 is 1.79 bits per heavy atom. The molecule has 3 aliphatic rings. The summed E-state index contributed by atoms with van der Waals surface area (Å²) in [7, 11) is 1.84. The Kier molecular flexibility index (Phi) is 7.62. The summed E-state index contributed by atoms with van der Waals surface area (Å²) in [4.78, 5) is 20.8. The first-order valence-corrected chi connectivity index (χ1v) is 11.0. The second-order valence-electron chi connectivity index (χ2n) is 9.25. The number of carbonyl (C=O) groups excluding carboxylic acids is 1. The van der Waals surface area contributed by atoms with E-state index < -0.39 is 5.60 Å². The minimum Gasteiger partial charge on any atom is -0.444 e. The fraction of sp³-hybridized carbons (Fsp3) is 0.905. The predicted octanol–water partition coefficient (Wildman–Crippen LogP) is 2.09. The monoisotopic (exact) mass is 410 g/mol. The Hall–Kier alpha value is -1.54. The van der Waals surface area contributed by atoms with Gasteiger partial charge in [-0.25, -0.2) is 4.79 Å². The maximum atomic E-state index is 12.2. The average Bonchev–Trinajstić information content (AvgIpc) is 3.23. The number of amides is 1. The molecule has 3 aliphatic heterocycles. The number of nitrogens with one attached hydrogen (secondary N) is 1. The second-order valence-corrected chi connectivity index (χ2v) is 9.25. The fourth-order valence-corrected chi connectivity index (χ4v) is 4.20. The first kappa shape index (κ1) is 22.2. The zero-order valence-corrected chi connectivity index (χ0v) is 18.5. The van der Waals surface area contributed by atoms with Crippen LogP contribution >= 0.6 is 0 Å². The van der Waals surface area contributed by atoms with Crippen molar-refractivity contribution in [2.75, 3.05) is 53.0 Å². The van der Waals surface area contributed by atoms with Crippen LogP contribution in [0.1, 0.15) is 46.5 Å². The van der Waals surface area contributed by atoms with Crippen molar-refractivity contribution in [2.24, 2.45) is 10.9 Å². The van der Waals surface area contributed by atoms with Crippen LogP contribution in [0.5, 0.6) is 0 Å². The SMILES string of the molecule is CN=C(NCC1CCN(C(=O)OC(C)(C)C)CC1)N1CCOC(C2CCCO2)C1. The zero-order valence-electron chi connectivity index (χ0n) is 18.5. The molecule has 2 atom stereocenters. The number of carbonyl (C=O) groups is 1. The van der Waals surface area contributed by atoms with Crippen molar-refractivity contribution in [1.29, 1.82) is 0 Å². The smallest absolute Gasteiger partial charge is 0.410 e. The van der Waals surface area contributed by atoms with Crippen LogP contribution in [-0.4, -0.2) is 92.6 Å². The Bertz CT molecular complexity index is 564. The molecule has 1 amide bonds. The van der Waals surface area contributed by atoms with E-state index in [0.29, 0.717) is 12.5 Å². The van der Waals surface area contributed by atoms with Crippen LogP contribution in [0.2, 0.25) is 0 Å². The van der Waals surface area contributed by atoms with Crippen LogP contribution in [-0.2, 0) is 14.2 Å². The molecule has 0 bridgehead atoms. The highest BCUT2D eigenvalue weighted by Crippen LogP contribution is 2.22. The first-order valence-electron chi connectivity index (χ1n) is 11.0. The third-order valence-electron chi connectivity index (χ3n) is 5.80. The van der Waals surface area contributed by atoms with E-state index in [2.05, 4.69) is 15.2 Å². The van der Waals surface area contributed by atoms with Gasteiger partial charge < -0.3 is 29.3 Å². The van der Waals surface area contributed by atoms with E-state index in [9.17, 15) is 4.79 Å². The van der Waals surface area contributed by atoms with Gasteiger partial charge in [0.05, 0.1) is 12.7 Å². The quantitative estimate of drug-likeness (QED) is 0.567. The molecule has 2 unspecified atom stereocenters. The molecule has 0 aromatic rings. The fourth-order valence-electron chi connectivity index (χ4n) is 4.20. The van der Waals surface area contributed by atoms with Gasteiger partial charge in [0.2, 0.25) is 0 Å². The number of aliphatic imine (C=N–C) groups is 1. The lowest BCUT2D eigenvalue weighted by Crippen LogP contribution is -2.54. The standard InChI is InChI=1S/C21H38N4O4/c1-21(2,3)29-20(26)24-9-7-16(8-10-24)14-23-19(22-4)25-11-13-28-18(15-25)17-6-5-12-27-17/h16-18H,5-15H2,1-4H3,(H,22,23). The lowest BCUT2D eigenvalue weighted by Gasteiger charge is -2.38. The lowest BCUT2D eigenvalue weighted by molar-refractivity contribution is -0.0817. The number of nitrogens with zero attached hydrogens (tertiary/aromatic N) is 3. The highest BCUT2D eigenvalue weighted by atomic mass is 16.6. The third-order valence-corrected chi connectivity index (χ3v) is 5.80. The van der Waals surface area contributed by atoms with Gasteiger partial charge in [0, 0.05) is 46.4 Å². The predicted molar refractivity (Wildman–Crippen MR) is 112 cm³/mol. The number of guanidine groups is 1. The van der Waals surface area contributed by atoms with Gasteiger partial charge in [-0.3, -0.25) is 4.99 Å². The first-order chi connectivity index (χ1) is 13.9. The second kappa shape index (κ2) is 9.98. The van der Waals surface area contributed by atoms with E-state index in [1.54, 1.807) is 0 Å². The minimum atomic E-state index is -0.443. The molecule has 29 heavy (non-hydrogen) atoms. The van der Waals surface area contributed by atoms with Crippen molar-refractivity contribution in [3.63, 3.8) is 0 Å². The van der Waals surface area contributed by atoms with Gasteiger partial charge in [-0.05, 0) is 52.4 Å². The largest absolute Gasteiger partial charge is 0.444 e. The molecule has 0 saturated carbocycles. The summed E-state index contributed by atoms with van der Waals surface area (Å²) >= 11 is 0. The van der Waals surface area contributed by atoms with Crippen LogP contribution in [0.25, 0.3) is 0 Å². The van der Waals surface area contributed by atoms with Crippen LogP contribution in [0.4, 0.5) is 4.79 Å². The molecule has 1 N–H and O–H groups in total. The van der Waals surface area contributed by atoms with Crippen LogP contribution in [0.3, 0.4) is 0 Å². The number of morpholine rings is 1. The number of piperidine rings is 1. The van der Waals surface area contributed by atoms with Gasteiger partial charge in [-0.1, -0.05) is 0 Å². The van der Waals surface area contributed by atoms with E-state index in [4.69, 9.17) is 14.2 Å². The molecule has 0 aromatic heterocycles. The summed E-state index contributed by atoms with van der Waals surface area (Å²) in [6.07, 6.45) is 4.30. The normalized spacial score (nSPS) is 27.2. The number of hydrogen-bond donors (Lipinski definition) is 1. The Labute approximate surface area is 174 Å². The Morgan fingerprint density at radius 3 is 2.41 bits per heavy atom. The van der Waals surface area contributed by atoms with E-state index in [-0.39, 0.29) is 18.3 Å². The number of ether oxygens (including phenoxy) is 3. The van der Waals surface area contributed by atoms with Crippen LogP contribution in [0, 0.1) is 5.92 Å². The molecular formula is C21H38N4O4. The van der Waals surface area contributed by atoms with E-state index in [1.807, 2.05) is 32.7 Å². The molecule has 0 aromatic carbocycles. The van der Waals surface area contributed by atoms with Crippen molar-refractivity contribution in [2.45, 2.75) is 64.3 Å². The Morgan fingerprint density at radius 1 is 1.07 bits per heavy atom. The number of hydrogen-bond acceptors (Lipinski definition) is 5. The molecule has 8 heteroatoms. The van der Waals surface area contributed by atoms with Crippen molar-refractivity contribution < 1.29 is 19.0 Å². The maximum absolute atomic E-state index is 12.2. The molecular weight excluding hydrogens is 372 g/mol. The highest BCUT2D eigenvalue weighted by molar-refractivity contribution is 5.80.